The van der Waals surface area contributed by atoms with Crippen LogP contribution in [0.15, 0.2) is 0 Å². The van der Waals surface area contributed by atoms with Gasteiger partial charge in [-0.3, -0.25) is 4.90 Å². The van der Waals surface area contributed by atoms with Crippen LogP contribution in [0, 0.1) is 5.92 Å². The van der Waals surface area contributed by atoms with Gasteiger partial charge in [-0.15, -0.1) is 0 Å². The molecule has 1 aliphatic heterocycles. The van der Waals surface area contributed by atoms with Gasteiger partial charge in [0, 0.05) is 24.7 Å². The van der Waals surface area contributed by atoms with E-state index in [1.807, 2.05) is 0 Å². The average molecular weight is 224 g/mol. The topological polar surface area (TPSA) is 38.5 Å². The molecule has 0 radical (unpaired) electrons. The van der Waals surface area contributed by atoms with Crippen LogP contribution in [0.1, 0.15) is 39.0 Å². The van der Waals surface area contributed by atoms with E-state index in [4.69, 9.17) is 10.5 Å². The third-order valence-electron chi connectivity index (χ3n) is 4.93. The molecule has 2 N–H and O–H groups in total. The molecular formula is C13H24N2O. The molecule has 3 rings (SSSR count). The lowest BCUT2D eigenvalue weighted by atomic mass is 9.67. The minimum absolute atomic E-state index is 0.330. The van der Waals surface area contributed by atoms with Gasteiger partial charge in [0.1, 0.15) is 0 Å². The molecule has 0 aromatic rings. The van der Waals surface area contributed by atoms with Gasteiger partial charge in [0.15, 0.2) is 0 Å². The second kappa shape index (κ2) is 3.97. The Bertz CT molecular complexity index is 263. The minimum atomic E-state index is 0.330. The lowest BCUT2D eigenvalue weighted by Crippen LogP contribution is -2.67. The van der Waals surface area contributed by atoms with E-state index in [0.29, 0.717) is 17.7 Å². The molecule has 3 aliphatic rings. The number of nitrogens with zero attached hydrogens (tertiary/aromatic N) is 1. The fraction of sp³-hybridized carbons (Fsp3) is 1.00. The lowest BCUT2D eigenvalue weighted by Gasteiger charge is -2.57. The van der Waals surface area contributed by atoms with Crippen molar-refractivity contribution in [3.63, 3.8) is 0 Å². The highest BCUT2D eigenvalue weighted by molar-refractivity contribution is 5.07. The summed E-state index contributed by atoms with van der Waals surface area (Å²) in [7, 11) is 0. The zero-order chi connectivity index (χ0) is 11.2. The van der Waals surface area contributed by atoms with Crippen LogP contribution in [-0.4, -0.2) is 42.3 Å². The molecule has 16 heavy (non-hydrogen) atoms. The molecule has 3 fully saturated rings. The normalized spacial score (nSPS) is 48.8. The van der Waals surface area contributed by atoms with Crippen molar-refractivity contribution >= 4 is 0 Å². The van der Waals surface area contributed by atoms with Crippen LogP contribution in [0.3, 0.4) is 0 Å². The van der Waals surface area contributed by atoms with Crippen molar-refractivity contribution in [2.24, 2.45) is 11.7 Å². The maximum absolute atomic E-state index is 6.06. The summed E-state index contributed by atoms with van der Waals surface area (Å²) in [5.41, 5.74) is 6.39. The third kappa shape index (κ3) is 1.52. The molecule has 0 aromatic heterocycles. The number of nitrogens with two attached hydrogens (primary N) is 1. The first-order valence-corrected chi connectivity index (χ1v) is 6.83. The van der Waals surface area contributed by atoms with E-state index in [2.05, 4.69) is 11.8 Å². The quantitative estimate of drug-likeness (QED) is 0.770. The molecule has 3 nitrogen and oxygen atoms in total. The van der Waals surface area contributed by atoms with Crippen LogP contribution >= 0.6 is 0 Å². The second-order valence-corrected chi connectivity index (χ2v) is 6.04. The molecule has 2 unspecified atom stereocenters. The minimum Gasteiger partial charge on any atom is -0.375 e. The monoisotopic (exact) mass is 224 g/mol. The standard InChI is InChI=1S/C13H24N2O/c1-10-7-13(8-10,9-14)15-5-6-16-12-4-2-3-11(12)15/h10-12H,2-9,14H2,1H3. The Morgan fingerprint density at radius 3 is 2.88 bits per heavy atom. The molecule has 0 aromatic carbocycles. The second-order valence-electron chi connectivity index (χ2n) is 6.04. The molecular weight excluding hydrogens is 200 g/mol. The summed E-state index contributed by atoms with van der Waals surface area (Å²) in [5.74, 6) is 0.867. The SMILES string of the molecule is CC1CC(CN)(N2CCOC3CCCC32)C1. The number of ether oxygens (including phenoxy) is 1. The highest BCUT2D eigenvalue weighted by Crippen LogP contribution is 2.45. The Balaban J connectivity index is 1.77. The molecule has 3 heteroatoms. The largest absolute Gasteiger partial charge is 0.375 e. The molecule has 0 amide bonds. The van der Waals surface area contributed by atoms with Gasteiger partial charge in [-0.25, -0.2) is 0 Å². The Morgan fingerprint density at radius 1 is 1.38 bits per heavy atom. The van der Waals surface area contributed by atoms with Crippen LogP contribution in [0.25, 0.3) is 0 Å². The van der Waals surface area contributed by atoms with E-state index in [-0.39, 0.29) is 0 Å². The Kier molecular flexibility index (Phi) is 2.73. The Labute approximate surface area is 98.3 Å². The number of hydrogen-bond acceptors (Lipinski definition) is 3. The van der Waals surface area contributed by atoms with Gasteiger partial charge in [-0.2, -0.15) is 0 Å². The zero-order valence-corrected chi connectivity index (χ0v) is 10.3. The van der Waals surface area contributed by atoms with E-state index >= 15 is 0 Å². The zero-order valence-electron chi connectivity index (χ0n) is 10.3. The van der Waals surface area contributed by atoms with Crippen LogP contribution in [0.2, 0.25) is 0 Å². The third-order valence-corrected chi connectivity index (χ3v) is 4.93. The van der Waals surface area contributed by atoms with E-state index in [0.717, 1.165) is 25.6 Å². The van der Waals surface area contributed by atoms with Crippen LogP contribution in [0.4, 0.5) is 0 Å². The van der Waals surface area contributed by atoms with Crippen molar-refractivity contribution in [1.82, 2.24) is 4.90 Å². The molecule has 2 atom stereocenters. The summed E-state index contributed by atoms with van der Waals surface area (Å²) in [4.78, 5) is 2.72. The molecule has 2 saturated carbocycles. The van der Waals surface area contributed by atoms with Crippen LogP contribution in [-0.2, 0) is 4.74 Å². The summed E-state index contributed by atoms with van der Waals surface area (Å²) >= 11 is 0. The first-order valence-electron chi connectivity index (χ1n) is 6.83. The summed E-state index contributed by atoms with van der Waals surface area (Å²) in [5, 5.41) is 0. The highest BCUT2D eigenvalue weighted by atomic mass is 16.5. The maximum atomic E-state index is 6.06. The fourth-order valence-corrected chi connectivity index (χ4v) is 4.27. The van der Waals surface area contributed by atoms with Gasteiger partial charge in [-0.1, -0.05) is 6.92 Å². The van der Waals surface area contributed by atoms with Gasteiger partial charge in [0.2, 0.25) is 0 Å². The Morgan fingerprint density at radius 2 is 2.19 bits per heavy atom. The van der Waals surface area contributed by atoms with Gasteiger partial charge in [0.05, 0.1) is 12.7 Å². The summed E-state index contributed by atoms with van der Waals surface area (Å²) in [6.45, 7) is 5.20. The van der Waals surface area contributed by atoms with E-state index in [9.17, 15) is 0 Å². The summed E-state index contributed by atoms with van der Waals surface area (Å²) in [6.07, 6.45) is 7.02. The van der Waals surface area contributed by atoms with Crippen molar-refractivity contribution in [3.05, 3.63) is 0 Å². The molecule has 92 valence electrons. The fourth-order valence-electron chi connectivity index (χ4n) is 4.27. The predicted octanol–water partition coefficient (Wildman–Crippen LogP) is 1.37. The van der Waals surface area contributed by atoms with Crippen molar-refractivity contribution in [2.45, 2.75) is 56.7 Å². The van der Waals surface area contributed by atoms with Gasteiger partial charge >= 0.3 is 0 Å². The molecule has 0 bridgehead atoms. The molecule has 0 spiro atoms. The van der Waals surface area contributed by atoms with Crippen molar-refractivity contribution in [2.75, 3.05) is 19.7 Å². The predicted molar refractivity (Wildman–Crippen MR) is 64.3 cm³/mol. The smallest absolute Gasteiger partial charge is 0.0731 e. The molecule has 2 aliphatic carbocycles. The maximum Gasteiger partial charge on any atom is 0.0731 e. The summed E-state index contributed by atoms with van der Waals surface area (Å²) < 4.78 is 5.88. The van der Waals surface area contributed by atoms with Crippen LogP contribution in [0.5, 0.6) is 0 Å². The van der Waals surface area contributed by atoms with Crippen molar-refractivity contribution < 1.29 is 4.74 Å². The summed E-state index contributed by atoms with van der Waals surface area (Å²) in [6, 6.07) is 0.671. The number of fused-ring (bicyclic) bond motifs is 1. The van der Waals surface area contributed by atoms with E-state index in [1.54, 1.807) is 0 Å². The molecule has 1 saturated heterocycles. The van der Waals surface area contributed by atoms with E-state index in [1.165, 1.54) is 32.1 Å². The number of hydrogen-bond donors (Lipinski definition) is 1. The van der Waals surface area contributed by atoms with Gasteiger partial charge in [0.25, 0.3) is 0 Å². The van der Waals surface area contributed by atoms with Crippen LogP contribution < -0.4 is 5.73 Å². The number of rotatable bonds is 2. The van der Waals surface area contributed by atoms with Gasteiger partial charge in [-0.05, 0) is 38.0 Å². The first-order chi connectivity index (χ1) is 7.75. The lowest BCUT2D eigenvalue weighted by molar-refractivity contribution is -0.129. The first kappa shape index (κ1) is 11.0. The Hall–Kier alpha value is -0.120. The number of morpholine rings is 1. The average Bonchev–Trinajstić information content (AvgIpc) is 2.72. The molecule has 1 heterocycles. The van der Waals surface area contributed by atoms with Gasteiger partial charge < -0.3 is 10.5 Å². The highest BCUT2D eigenvalue weighted by Gasteiger charge is 2.51. The van der Waals surface area contributed by atoms with Crippen molar-refractivity contribution in [1.29, 1.82) is 0 Å². The van der Waals surface area contributed by atoms with E-state index < -0.39 is 0 Å². The van der Waals surface area contributed by atoms with Crippen molar-refractivity contribution in [3.8, 4) is 0 Å².